The monoisotopic (exact) mass is 280 g/mol. The number of aromatic nitrogens is 1. The van der Waals surface area contributed by atoms with E-state index in [4.69, 9.17) is 5.73 Å². The molecule has 5 nitrogen and oxygen atoms in total. The second-order valence-electron chi connectivity index (χ2n) is 5.29. The summed E-state index contributed by atoms with van der Waals surface area (Å²) in [6.07, 6.45) is 2.52. The summed E-state index contributed by atoms with van der Waals surface area (Å²) in [5, 5.41) is 0. The third kappa shape index (κ3) is 3.52. The van der Waals surface area contributed by atoms with Gasteiger partial charge in [-0.05, 0) is 18.5 Å². The van der Waals surface area contributed by atoms with Crippen LogP contribution in [-0.2, 0) is 0 Å². The van der Waals surface area contributed by atoms with E-state index in [-0.39, 0.29) is 11.5 Å². The van der Waals surface area contributed by atoms with Gasteiger partial charge in [-0.3, -0.25) is 14.7 Å². The van der Waals surface area contributed by atoms with Gasteiger partial charge in [0, 0.05) is 38.9 Å². The van der Waals surface area contributed by atoms with Crippen LogP contribution in [-0.4, -0.2) is 60.0 Å². The zero-order chi connectivity index (χ0) is 14.5. The third-order valence-electron chi connectivity index (χ3n) is 3.63. The second-order valence-corrected chi connectivity index (χ2v) is 5.29. The fraction of sp³-hybridized carbons (Fsp3) is 0.571. The lowest BCUT2D eigenvalue weighted by Crippen LogP contribution is -2.50. The maximum Gasteiger partial charge on any atom is 0.257 e. The van der Waals surface area contributed by atoms with Crippen LogP contribution in [0, 0.1) is 11.7 Å². The lowest BCUT2D eigenvalue weighted by molar-refractivity contribution is 0.0617. The van der Waals surface area contributed by atoms with Crippen molar-refractivity contribution in [1.29, 1.82) is 0 Å². The molecule has 20 heavy (non-hydrogen) atoms. The molecule has 1 aromatic heterocycles. The molecule has 1 aliphatic heterocycles. The molecule has 2 heterocycles. The van der Waals surface area contributed by atoms with E-state index in [1.165, 1.54) is 12.3 Å². The molecule has 6 heteroatoms. The first-order valence-corrected chi connectivity index (χ1v) is 6.93. The molecule has 1 fully saturated rings. The minimum atomic E-state index is -0.559. The van der Waals surface area contributed by atoms with E-state index in [1.54, 1.807) is 4.90 Å². The Morgan fingerprint density at radius 3 is 2.75 bits per heavy atom. The van der Waals surface area contributed by atoms with E-state index < -0.39 is 5.82 Å². The summed E-state index contributed by atoms with van der Waals surface area (Å²) in [5.74, 6) is -0.358. The number of pyridine rings is 1. The molecule has 0 aromatic carbocycles. The van der Waals surface area contributed by atoms with Gasteiger partial charge in [0.05, 0.1) is 11.8 Å². The van der Waals surface area contributed by atoms with Crippen molar-refractivity contribution in [1.82, 2.24) is 14.8 Å². The quantitative estimate of drug-likeness (QED) is 0.876. The van der Waals surface area contributed by atoms with Crippen LogP contribution in [0.4, 0.5) is 4.39 Å². The fourth-order valence-electron chi connectivity index (χ4n) is 2.37. The summed E-state index contributed by atoms with van der Waals surface area (Å²) in [7, 11) is 0. The summed E-state index contributed by atoms with van der Waals surface area (Å²) >= 11 is 0. The highest BCUT2D eigenvalue weighted by atomic mass is 19.1. The summed E-state index contributed by atoms with van der Waals surface area (Å²) in [6, 6.07) is 1.43. The highest BCUT2D eigenvalue weighted by Gasteiger charge is 2.24. The van der Waals surface area contributed by atoms with Crippen LogP contribution < -0.4 is 5.73 Å². The van der Waals surface area contributed by atoms with Crippen LogP contribution in [0.3, 0.4) is 0 Å². The molecule has 1 aromatic rings. The van der Waals surface area contributed by atoms with Gasteiger partial charge >= 0.3 is 0 Å². The molecule has 110 valence electrons. The summed E-state index contributed by atoms with van der Waals surface area (Å²) in [4.78, 5) is 19.9. The van der Waals surface area contributed by atoms with Crippen LogP contribution in [0.2, 0.25) is 0 Å². The molecule has 1 aliphatic rings. The fourth-order valence-corrected chi connectivity index (χ4v) is 2.37. The maximum absolute atomic E-state index is 13.6. The Morgan fingerprint density at radius 1 is 1.45 bits per heavy atom. The summed E-state index contributed by atoms with van der Waals surface area (Å²) in [5.41, 5.74) is 5.72. The van der Waals surface area contributed by atoms with Crippen molar-refractivity contribution < 1.29 is 9.18 Å². The number of nitrogens with zero attached hydrogens (tertiary/aromatic N) is 3. The van der Waals surface area contributed by atoms with E-state index in [2.05, 4.69) is 16.8 Å². The zero-order valence-corrected chi connectivity index (χ0v) is 11.8. The number of carbonyl (C=O) groups excluding carboxylic acids is 1. The topological polar surface area (TPSA) is 62.5 Å². The van der Waals surface area contributed by atoms with E-state index in [9.17, 15) is 9.18 Å². The van der Waals surface area contributed by atoms with Crippen molar-refractivity contribution in [3.63, 3.8) is 0 Å². The van der Waals surface area contributed by atoms with E-state index in [0.29, 0.717) is 25.6 Å². The van der Waals surface area contributed by atoms with Crippen molar-refractivity contribution in [3.8, 4) is 0 Å². The number of piperazine rings is 1. The number of carbonyl (C=O) groups is 1. The van der Waals surface area contributed by atoms with Gasteiger partial charge in [0.25, 0.3) is 5.91 Å². The molecule has 2 rings (SSSR count). The average Bonchev–Trinajstić information content (AvgIpc) is 2.47. The Bertz CT molecular complexity index is 460. The molecular formula is C14H21FN4O. The molecule has 0 radical (unpaired) electrons. The number of hydrogen-bond acceptors (Lipinski definition) is 4. The molecule has 1 saturated heterocycles. The van der Waals surface area contributed by atoms with Crippen LogP contribution in [0.25, 0.3) is 0 Å². The summed E-state index contributed by atoms with van der Waals surface area (Å²) in [6.45, 7) is 6.59. The van der Waals surface area contributed by atoms with Crippen LogP contribution in [0.1, 0.15) is 17.3 Å². The average molecular weight is 280 g/mol. The smallest absolute Gasteiger partial charge is 0.257 e. The second kappa shape index (κ2) is 6.76. The van der Waals surface area contributed by atoms with Gasteiger partial charge in [0.1, 0.15) is 0 Å². The Morgan fingerprint density at radius 2 is 2.15 bits per heavy atom. The van der Waals surface area contributed by atoms with Gasteiger partial charge in [0.15, 0.2) is 5.82 Å². The van der Waals surface area contributed by atoms with Crippen molar-refractivity contribution in [2.45, 2.75) is 6.92 Å². The minimum absolute atomic E-state index is 0.101. The van der Waals surface area contributed by atoms with Gasteiger partial charge in [-0.2, -0.15) is 0 Å². The Labute approximate surface area is 118 Å². The number of amides is 1. The first-order chi connectivity index (χ1) is 9.61. The predicted octanol–water partition coefficient (Wildman–Crippen LogP) is 0.573. The summed E-state index contributed by atoms with van der Waals surface area (Å²) < 4.78 is 13.6. The van der Waals surface area contributed by atoms with Gasteiger partial charge in [-0.15, -0.1) is 0 Å². The molecule has 1 unspecified atom stereocenters. The van der Waals surface area contributed by atoms with Crippen LogP contribution in [0.5, 0.6) is 0 Å². The number of rotatable bonds is 4. The Balaban J connectivity index is 1.91. The molecular weight excluding hydrogens is 259 g/mol. The molecule has 0 aliphatic carbocycles. The Kier molecular flexibility index (Phi) is 5.03. The third-order valence-corrected chi connectivity index (χ3v) is 3.63. The van der Waals surface area contributed by atoms with Gasteiger partial charge in [-0.1, -0.05) is 6.92 Å². The molecule has 0 bridgehead atoms. The molecule has 0 saturated carbocycles. The molecule has 0 spiro atoms. The van der Waals surface area contributed by atoms with Crippen molar-refractivity contribution in [3.05, 3.63) is 29.8 Å². The van der Waals surface area contributed by atoms with E-state index >= 15 is 0 Å². The first kappa shape index (κ1) is 14.9. The van der Waals surface area contributed by atoms with Crippen molar-refractivity contribution in [2.75, 3.05) is 39.3 Å². The van der Waals surface area contributed by atoms with Crippen LogP contribution in [0.15, 0.2) is 18.5 Å². The maximum atomic E-state index is 13.6. The number of halogens is 1. The van der Waals surface area contributed by atoms with Gasteiger partial charge in [0.2, 0.25) is 0 Å². The zero-order valence-electron chi connectivity index (χ0n) is 11.8. The van der Waals surface area contributed by atoms with E-state index in [1.807, 2.05) is 0 Å². The Hall–Kier alpha value is -1.53. The minimum Gasteiger partial charge on any atom is -0.336 e. The lowest BCUT2D eigenvalue weighted by Gasteiger charge is -2.35. The lowest BCUT2D eigenvalue weighted by atomic mass is 10.1. The largest absolute Gasteiger partial charge is 0.336 e. The van der Waals surface area contributed by atoms with Crippen molar-refractivity contribution in [2.24, 2.45) is 11.7 Å². The number of nitrogens with two attached hydrogens (primary N) is 1. The highest BCUT2D eigenvalue weighted by Crippen LogP contribution is 2.12. The van der Waals surface area contributed by atoms with Gasteiger partial charge in [-0.25, -0.2) is 4.39 Å². The molecule has 2 N–H and O–H groups in total. The highest BCUT2D eigenvalue weighted by molar-refractivity contribution is 5.94. The van der Waals surface area contributed by atoms with Crippen LogP contribution >= 0.6 is 0 Å². The SMILES string of the molecule is CC(CN)CN1CCN(C(=O)c2ccncc2F)CC1. The molecule has 1 amide bonds. The number of hydrogen-bond donors (Lipinski definition) is 1. The standard InChI is InChI=1S/C14H21FN4O/c1-11(8-16)10-18-4-6-19(7-5-18)14(20)12-2-3-17-9-13(12)15/h2-3,9,11H,4-8,10,16H2,1H3. The van der Waals surface area contributed by atoms with Crippen molar-refractivity contribution >= 4 is 5.91 Å². The predicted molar refractivity (Wildman–Crippen MR) is 74.8 cm³/mol. The first-order valence-electron chi connectivity index (χ1n) is 6.93. The normalized spacial score (nSPS) is 18.1. The van der Waals surface area contributed by atoms with E-state index in [0.717, 1.165) is 25.8 Å². The van der Waals surface area contributed by atoms with Gasteiger partial charge < -0.3 is 10.6 Å². The molecule has 1 atom stereocenters.